The molecule has 0 atom stereocenters. The maximum Gasteiger partial charge on any atom is 0.243 e. The highest BCUT2D eigenvalue weighted by Crippen LogP contribution is 2.27. The van der Waals surface area contributed by atoms with Crippen LogP contribution < -0.4 is 5.32 Å². The molecule has 2 N–H and O–H groups in total. The average Bonchev–Trinajstić information content (AvgIpc) is 2.43. The lowest BCUT2D eigenvalue weighted by atomic mass is 10.0. The fourth-order valence-corrected chi connectivity index (χ4v) is 4.18. The van der Waals surface area contributed by atoms with Gasteiger partial charge in [-0.2, -0.15) is 4.31 Å². The summed E-state index contributed by atoms with van der Waals surface area (Å²) >= 11 is 0. The Hall–Kier alpha value is -1.11. The van der Waals surface area contributed by atoms with E-state index in [0.29, 0.717) is 4.90 Å². The van der Waals surface area contributed by atoms with Crippen LogP contribution >= 0.6 is 0 Å². The molecule has 1 aromatic rings. The molecule has 0 unspecified atom stereocenters. The molecule has 6 heteroatoms. The molecule has 112 valence electrons. The predicted molar refractivity (Wildman–Crippen MR) is 79.4 cm³/mol. The standard InChI is InChI=1S/C14H22N2O3S/c1-11(2)16(8-9-17)20(18,19)13-5-6-14-12(10-13)4-3-7-15-14/h5-6,10-11,15,17H,3-4,7-9H2,1-2H3. The summed E-state index contributed by atoms with van der Waals surface area (Å²) in [4.78, 5) is 0.308. The first-order valence-electron chi connectivity index (χ1n) is 6.96. The van der Waals surface area contributed by atoms with E-state index in [1.165, 1.54) is 4.31 Å². The molecule has 0 spiro atoms. The number of sulfonamides is 1. The SMILES string of the molecule is CC(C)N(CCO)S(=O)(=O)c1ccc2c(c1)CCCN2. The van der Waals surface area contributed by atoms with Crippen LogP contribution in [0.2, 0.25) is 0 Å². The van der Waals surface area contributed by atoms with Crippen LogP contribution in [0.25, 0.3) is 0 Å². The molecule has 1 heterocycles. The van der Waals surface area contributed by atoms with Crippen molar-refractivity contribution in [1.82, 2.24) is 4.31 Å². The number of aliphatic hydroxyl groups excluding tert-OH is 1. The third kappa shape index (κ3) is 2.97. The first-order chi connectivity index (χ1) is 9.46. The van der Waals surface area contributed by atoms with E-state index >= 15 is 0 Å². The van der Waals surface area contributed by atoms with Crippen LogP contribution in [-0.2, 0) is 16.4 Å². The average molecular weight is 298 g/mol. The van der Waals surface area contributed by atoms with E-state index in [0.717, 1.165) is 30.6 Å². The third-order valence-corrected chi connectivity index (χ3v) is 5.59. The van der Waals surface area contributed by atoms with Crippen molar-refractivity contribution >= 4 is 15.7 Å². The van der Waals surface area contributed by atoms with E-state index in [9.17, 15) is 8.42 Å². The fourth-order valence-electron chi connectivity index (χ4n) is 2.50. The van der Waals surface area contributed by atoms with Crippen molar-refractivity contribution in [3.63, 3.8) is 0 Å². The number of fused-ring (bicyclic) bond motifs is 1. The molecule has 1 aliphatic heterocycles. The summed E-state index contributed by atoms with van der Waals surface area (Å²) in [7, 11) is -3.55. The number of rotatable bonds is 5. The Morgan fingerprint density at radius 3 is 2.80 bits per heavy atom. The molecule has 0 aromatic heterocycles. The number of nitrogens with zero attached hydrogens (tertiary/aromatic N) is 1. The van der Waals surface area contributed by atoms with Crippen molar-refractivity contribution < 1.29 is 13.5 Å². The van der Waals surface area contributed by atoms with Crippen LogP contribution in [0.5, 0.6) is 0 Å². The van der Waals surface area contributed by atoms with Crippen LogP contribution in [0.3, 0.4) is 0 Å². The Bertz CT molecular complexity index is 570. The maximum atomic E-state index is 12.6. The highest BCUT2D eigenvalue weighted by Gasteiger charge is 2.27. The molecule has 1 aromatic carbocycles. The van der Waals surface area contributed by atoms with Gasteiger partial charge in [-0.25, -0.2) is 8.42 Å². The van der Waals surface area contributed by atoms with Crippen molar-refractivity contribution in [2.45, 2.75) is 37.6 Å². The summed E-state index contributed by atoms with van der Waals surface area (Å²) in [6, 6.07) is 5.04. The van der Waals surface area contributed by atoms with Gasteiger partial charge in [-0.05, 0) is 50.5 Å². The zero-order valence-corrected chi connectivity index (χ0v) is 12.8. The highest BCUT2D eigenvalue weighted by molar-refractivity contribution is 7.89. The van der Waals surface area contributed by atoms with Gasteiger partial charge in [-0.15, -0.1) is 0 Å². The normalized spacial score (nSPS) is 15.2. The highest BCUT2D eigenvalue weighted by atomic mass is 32.2. The van der Waals surface area contributed by atoms with E-state index in [4.69, 9.17) is 5.11 Å². The molecular formula is C14H22N2O3S. The van der Waals surface area contributed by atoms with Crippen LogP contribution in [0.4, 0.5) is 5.69 Å². The van der Waals surface area contributed by atoms with Gasteiger partial charge in [0.25, 0.3) is 0 Å². The molecule has 20 heavy (non-hydrogen) atoms. The smallest absolute Gasteiger partial charge is 0.243 e. The lowest BCUT2D eigenvalue weighted by molar-refractivity contribution is 0.236. The molecule has 0 aliphatic carbocycles. The van der Waals surface area contributed by atoms with E-state index in [1.54, 1.807) is 12.1 Å². The molecule has 0 radical (unpaired) electrons. The summed E-state index contributed by atoms with van der Waals surface area (Å²) in [5.74, 6) is 0. The molecular weight excluding hydrogens is 276 g/mol. The monoisotopic (exact) mass is 298 g/mol. The zero-order valence-electron chi connectivity index (χ0n) is 12.0. The molecule has 0 saturated carbocycles. The van der Waals surface area contributed by atoms with Gasteiger partial charge in [0, 0.05) is 24.8 Å². The first-order valence-corrected chi connectivity index (χ1v) is 8.40. The zero-order chi connectivity index (χ0) is 14.8. The topological polar surface area (TPSA) is 69.6 Å². The van der Waals surface area contributed by atoms with Crippen LogP contribution in [0.15, 0.2) is 23.1 Å². The second-order valence-electron chi connectivity index (χ2n) is 5.28. The molecule has 1 aliphatic rings. The third-order valence-electron chi connectivity index (χ3n) is 3.52. The summed E-state index contributed by atoms with van der Waals surface area (Å²) < 4.78 is 26.6. The van der Waals surface area contributed by atoms with Gasteiger partial charge in [-0.1, -0.05) is 0 Å². The van der Waals surface area contributed by atoms with E-state index in [1.807, 2.05) is 19.9 Å². The van der Waals surface area contributed by atoms with Crippen LogP contribution in [0.1, 0.15) is 25.8 Å². The molecule has 0 fully saturated rings. The minimum atomic E-state index is -3.55. The molecule has 0 amide bonds. The second-order valence-corrected chi connectivity index (χ2v) is 7.17. The predicted octanol–water partition coefficient (Wildman–Crippen LogP) is 1.44. The lowest BCUT2D eigenvalue weighted by Crippen LogP contribution is -2.39. The quantitative estimate of drug-likeness (QED) is 0.863. The number of hydrogen-bond acceptors (Lipinski definition) is 4. The summed E-state index contributed by atoms with van der Waals surface area (Å²) in [5, 5.41) is 12.3. The van der Waals surface area contributed by atoms with Gasteiger partial charge < -0.3 is 10.4 Å². The summed E-state index contributed by atoms with van der Waals surface area (Å²) in [6.07, 6.45) is 1.91. The Morgan fingerprint density at radius 1 is 1.40 bits per heavy atom. The molecule has 0 bridgehead atoms. The lowest BCUT2D eigenvalue weighted by Gasteiger charge is -2.26. The Morgan fingerprint density at radius 2 is 2.15 bits per heavy atom. The van der Waals surface area contributed by atoms with Gasteiger partial charge in [0.1, 0.15) is 0 Å². The largest absolute Gasteiger partial charge is 0.395 e. The van der Waals surface area contributed by atoms with Gasteiger partial charge in [0.05, 0.1) is 11.5 Å². The van der Waals surface area contributed by atoms with Crippen LogP contribution in [0, 0.1) is 0 Å². The minimum Gasteiger partial charge on any atom is -0.395 e. The Kier molecular flexibility index (Phi) is 4.67. The van der Waals surface area contributed by atoms with Crippen molar-refractivity contribution in [1.29, 1.82) is 0 Å². The number of aliphatic hydroxyl groups is 1. The van der Waals surface area contributed by atoms with Crippen molar-refractivity contribution in [2.75, 3.05) is 25.0 Å². The molecule has 0 saturated heterocycles. The van der Waals surface area contributed by atoms with Gasteiger partial charge in [0.15, 0.2) is 0 Å². The van der Waals surface area contributed by atoms with E-state index in [-0.39, 0.29) is 19.2 Å². The van der Waals surface area contributed by atoms with Crippen molar-refractivity contribution in [3.8, 4) is 0 Å². The maximum absolute atomic E-state index is 12.6. The van der Waals surface area contributed by atoms with Crippen molar-refractivity contribution in [2.24, 2.45) is 0 Å². The molecule has 2 rings (SSSR count). The minimum absolute atomic E-state index is 0.120. The van der Waals surface area contributed by atoms with Crippen molar-refractivity contribution in [3.05, 3.63) is 23.8 Å². The Labute approximate surface area is 120 Å². The van der Waals surface area contributed by atoms with Gasteiger partial charge in [0.2, 0.25) is 10.0 Å². The fraction of sp³-hybridized carbons (Fsp3) is 0.571. The second kappa shape index (κ2) is 6.11. The number of nitrogens with one attached hydrogen (secondary N) is 1. The van der Waals surface area contributed by atoms with Crippen LogP contribution in [-0.4, -0.2) is 43.6 Å². The number of aryl methyl sites for hydroxylation is 1. The Balaban J connectivity index is 2.38. The van der Waals surface area contributed by atoms with E-state index < -0.39 is 10.0 Å². The molecule has 5 nitrogen and oxygen atoms in total. The van der Waals surface area contributed by atoms with E-state index in [2.05, 4.69) is 5.32 Å². The summed E-state index contributed by atoms with van der Waals surface area (Å²) in [6.45, 7) is 4.50. The van der Waals surface area contributed by atoms with Gasteiger partial charge >= 0.3 is 0 Å². The number of benzene rings is 1. The summed E-state index contributed by atoms with van der Waals surface area (Å²) in [5.41, 5.74) is 2.07. The number of hydrogen-bond donors (Lipinski definition) is 2. The first kappa shape index (κ1) is 15.3. The number of anilines is 1. The van der Waals surface area contributed by atoms with Gasteiger partial charge in [-0.3, -0.25) is 0 Å².